The maximum atomic E-state index is 6.16. The summed E-state index contributed by atoms with van der Waals surface area (Å²) in [6.45, 7) is 0. The predicted octanol–water partition coefficient (Wildman–Crippen LogP) is 5.38. The molecule has 3 heteroatoms. The molecule has 1 heterocycles. The van der Waals surface area contributed by atoms with E-state index in [1.165, 1.54) is 0 Å². The zero-order valence-electron chi connectivity index (χ0n) is 13.6. The van der Waals surface area contributed by atoms with E-state index in [1.54, 1.807) is 0 Å². The molecule has 0 bridgehead atoms. The Hall–Kier alpha value is -2.84. The highest BCUT2D eigenvalue weighted by Gasteiger charge is 2.38. The zero-order chi connectivity index (χ0) is 17.1. The van der Waals surface area contributed by atoms with Crippen molar-refractivity contribution in [2.24, 2.45) is 0 Å². The van der Waals surface area contributed by atoms with Crippen LogP contribution in [0, 0.1) is 0 Å². The SMILES string of the molecule is Clc1ccc(C(c2ccccc2)(c2ccccc2)n2cccn2)cc1. The summed E-state index contributed by atoms with van der Waals surface area (Å²) in [6.07, 6.45) is 3.82. The van der Waals surface area contributed by atoms with Gasteiger partial charge in [-0.2, -0.15) is 5.10 Å². The Morgan fingerprint density at radius 3 is 1.64 bits per heavy atom. The molecule has 0 aliphatic heterocycles. The zero-order valence-corrected chi connectivity index (χ0v) is 14.3. The monoisotopic (exact) mass is 344 g/mol. The van der Waals surface area contributed by atoms with Gasteiger partial charge in [-0.25, -0.2) is 0 Å². The summed E-state index contributed by atoms with van der Waals surface area (Å²) in [6, 6.07) is 30.8. The molecule has 4 aromatic rings. The standard InChI is InChI=1S/C22H17ClN2/c23-21-14-12-20(13-15-21)22(25-17-7-16-24-25,18-8-3-1-4-9-18)19-10-5-2-6-11-19/h1-17H. The maximum Gasteiger partial charge on any atom is 0.137 e. The predicted molar refractivity (Wildman–Crippen MR) is 102 cm³/mol. The van der Waals surface area contributed by atoms with Crippen LogP contribution in [0.15, 0.2) is 103 Å². The molecule has 0 saturated heterocycles. The van der Waals surface area contributed by atoms with Gasteiger partial charge < -0.3 is 0 Å². The molecule has 2 nitrogen and oxygen atoms in total. The van der Waals surface area contributed by atoms with Gasteiger partial charge in [0.2, 0.25) is 0 Å². The third-order valence-electron chi connectivity index (χ3n) is 4.49. The molecule has 0 fully saturated rings. The smallest absolute Gasteiger partial charge is 0.137 e. The molecule has 0 aliphatic rings. The van der Waals surface area contributed by atoms with Gasteiger partial charge in [0.1, 0.15) is 5.54 Å². The molecule has 1 aromatic heterocycles. The van der Waals surface area contributed by atoms with Crippen LogP contribution >= 0.6 is 11.6 Å². The van der Waals surface area contributed by atoms with E-state index in [9.17, 15) is 0 Å². The maximum absolute atomic E-state index is 6.16. The van der Waals surface area contributed by atoms with E-state index in [0.717, 1.165) is 21.7 Å². The lowest BCUT2D eigenvalue weighted by molar-refractivity contribution is 0.460. The summed E-state index contributed by atoms with van der Waals surface area (Å²) in [5.74, 6) is 0. The van der Waals surface area contributed by atoms with Crippen molar-refractivity contribution in [2.45, 2.75) is 5.54 Å². The summed E-state index contributed by atoms with van der Waals surface area (Å²) in [5, 5.41) is 5.35. The Morgan fingerprint density at radius 1 is 0.640 bits per heavy atom. The second kappa shape index (κ2) is 6.58. The minimum atomic E-state index is -0.559. The second-order valence-electron chi connectivity index (χ2n) is 5.90. The molecule has 122 valence electrons. The van der Waals surface area contributed by atoms with Crippen LogP contribution in [0.1, 0.15) is 16.7 Å². The Bertz CT molecular complexity index is 891. The lowest BCUT2D eigenvalue weighted by atomic mass is 9.77. The van der Waals surface area contributed by atoms with Crippen molar-refractivity contribution in [3.8, 4) is 0 Å². The van der Waals surface area contributed by atoms with Crippen molar-refractivity contribution in [1.82, 2.24) is 9.78 Å². The van der Waals surface area contributed by atoms with Crippen molar-refractivity contribution in [1.29, 1.82) is 0 Å². The van der Waals surface area contributed by atoms with Crippen LogP contribution in [-0.4, -0.2) is 9.78 Å². The van der Waals surface area contributed by atoms with Crippen LogP contribution in [0.4, 0.5) is 0 Å². The molecular formula is C22H17ClN2. The van der Waals surface area contributed by atoms with Gasteiger partial charge in [-0.15, -0.1) is 0 Å². The van der Waals surface area contributed by atoms with Crippen molar-refractivity contribution >= 4 is 11.6 Å². The van der Waals surface area contributed by atoms with E-state index in [1.807, 2.05) is 47.4 Å². The molecule has 0 aliphatic carbocycles. The average molecular weight is 345 g/mol. The molecule has 0 amide bonds. The number of aromatic nitrogens is 2. The highest BCUT2D eigenvalue weighted by atomic mass is 35.5. The van der Waals surface area contributed by atoms with Gasteiger partial charge in [0.15, 0.2) is 0 Å². The lowest BCUT2D eigenvalue weighted by Crippen LogP contribution is -2.38. The Balaban J connectivity index is 2.11. The Labute approximate surface area is 152 Å². The van der Waals surface area contributed by atoms with Crippen LogP contribution in [0.5, 0.6) is 0 Å². The largest absolute Gasteiger partial charge is 0.253 e. The van der Waals surface area contributed by atoms with Crippen molar-refractivity contribution in [3.63, 3.8) is 0 Å². The van der Waals surface area contributed by atoms with Crippen molar-refractivity contribution < 1.29 is 0 Å². The van der Waals surface area contributed by atoms with Gasteiger partial charge in [0, 0.05) is 17.4 Å². The van der Waals surface area contributed by atoms with Crippen molar-refractivity contribution in [3.05, 3.63) is 125 Å². The normalized spacial score (nSPS) is 11.4. The topological polar surface area (TPSA) is 17.8 Å². The number of benzene rings is 3. The lowest BCUT2D eigenvalue weighted by Gasteiger charge is -2.36. The number of halogens is 1. The van der Waals surface area contributed by atoms with Crippen LogP contribution in [-0.2, 0) is 5.54 Å². The first-order chi connectivity index (χ1) is 12.3. The summed E-state index contributed by atoms with van der Waals surface area (Å²) in [7, 11) is 0. The molecule has 25 heavy (non-hydrogen) atoms. The van der Waals surface area contributed by atoms with Gasteiger partial charge in [0.05, 0.1) is 0 Å². The highest BCUT2D eigenvalue weighted by Crippen LogP contribution is 2.40. The van der Waals surface area contributed by atoms with Gasteiger partial charge in [-0.3, -0.25) is 4.68 Å². The number of rotatable bonds is 4. The number of nitrogens with zero attached hydrogens (tertiary/aromatic N) is 2. The van der Waals surface area contributed by atoms with Crippen LogP contribution < -0.4 is 0 Å². The van der Waals surface area contributed by atoms with Crippen molar-refractivity contribution in [2.75, 3.05) is 0 Å². The summed E-state index contributed by atoms with van der Waals surface area (Å²) < 4.78 is 2.01. The molecular weight excluding hydrogens is 328 g/mol. The average Bonchev–Trinajstić information content (AvgIpc) is 3.21. The molecule has 0 unspecified atom stereocenters. The first kappa shape index (κ1) is 15.7. The number of hydrogen-bond acceptors (Lipinski definition) is 1. The minimum Gasteiger partial charge on any atom is -0.253 e. The molecule has 0 N–H and O–H groups in total. The van der Waals surface area contributed by atoms with Gasteiger partial charge in [-0.1, -0.05) is 84.4 Å². The summed E-state index contributed by atoms with van der Waals surface area (Å²) in [4.78, 5) is 0. The van der Waals surface area contributed by atoms with Crippen LogP contribution in [0.2, 0.25) is 5.02 Å². The third-order valence-corrected chi connectivity index (χ3v) is 4.75. The molecule has 4 rings (SSSR count). The molecule has 0 spiro atoms. The van der Waals surface area contributed by atoms with Crippen LogP contribution in [0.3, 0.4) is 0 Å². The van der Waals surface area contributed by atoms with Crippen LogP contribution in [0.25, 0.3) is 0 Å². The third kappa shape index (κ3) is 2.65. The quantitative estimate of drug-likeness (QED) is 0.455. The van der Waals surface area contributed by atoms with E-state index in [0.29, 0.717) is 0 Å². The minimum absolute atomic E-state index is 0.559. The first-order valence-electron chi connectivity index (χ1n) is 8.19. The molecule has 3 aromatic carbocycles. The molecule has 0 saturated carbocycles. The fourth-order valence-corrected chi connectivity index (χ4v) is 3.54. The fourth-order valence-electron chi connectivity index (χ4n) is 3.41. The van der Waals surface area contributed by atoms with Gasteiger partial charge >= 0.3 is 0 Å². The number of hydrogen-bond donors (Lipinski definition) is 0. The second-order valence-corrected chi connectivity index (χ2v) is 6.34. The molecule has 0 atom stereocenters. The Kier molecular flexibility index (Phi) is 4.12. The van der Waals surface area contributed by atoms with E-state index < -0.39 is 5.54 Å². The van der Waals surface area contributed by atoms with E-state index in [-0.39, 0.29) is 0 Å². The van der Waals surface area contributed by atoms with E-state index >= 15 is 0 Å². The Morgan fingerprint density at radius 2 is 1.16 bits per heavy atom. The highest BCUT2D eigenvalue weighted by molar-refractivity contribution is 6.30. The molecule has 0 radical (unpaired) electrons. The first-order valence-corrected chi connectivity index (χ1v) is 8.57. The fraction of sp³-hybridized carbons (Fsp3) is 0.0455. The van der Waals surface area contributed by atoms with E-state index in [2.05, 4.69) is 65.8 Å². The summed E-state index contributed by atoms with van der Waals surface area (Å²) >= 11 is 6.16. The van der Waals surface area contributed by atoms with E-state index in [4.69, 9.17) is 11.6 Å². The van der Waals surface area contributed by atoms with Gasteiger partial charge in [0.25, 0.3) is 0 Å². The van der Waals surface area contributed by atoms with Gasteiger partial charge in [-0.05, 0) is 34.9 Å². The summed E-state index contributed by atoms with van der Waals surface area (Å²) in [5.41, 5.74) is 2.84.